The average Bonchev–Trinajstić information content (AvgIpc) is 3.39. The van der Waals surface area contributed by atoms with Crippen LogP contribution in [0, 0.1) is 0 Å². The number of allylic oxidation sites excluding steroid dienone is 10. The van der Waals surface area contributed by atoms with Crippen molar-refractivity contribution < 1.29 is 28.6 Å². The molecule has 0 spiro atoms. The first-order valence-corrected chi connectivity index (χ1v) is 31.8. The van der Waals surface area contributed by atoms with Gasteiger partial charge in [-0.15, -0.1) is 0 Å². The highest BCUT2D eigenvalue weighted by Crippen LogP contribution is 2.17. The Labute approximate surface area is 453 Å². The molecule has 0 fully saturated rings. The second-order valence-electron chi connectivity index (χ2n) is 21.3. The summed E-state index contributed by atoms with van der Waals surface area (Å²) in [6.07, 6.45) is 78.1. The molecular weight excluding hydrogens is 901 g/mol. The predicted molar refractivity (Wildman–Crippen MR) is 316 cm³/mol. The maximum absolute atomic E-state index is 12.9. The second-order valence-corrected chi connectivity index (χ2v) is 21.3. The largest absolute Gasteiger partial charge is 0.462 e. The standard InChI is InChI=1S/C67H120O6/c1-4-7-10-13-16-19-22-24-26-28-30-32-33-34-36-37-39-41-43-45-48-51-54-57-60-66(69)72-63-64(62-71-65(68)59-56-53-50-47-21-18-15-12-9-6-3)73-67(70)61-58-55-52-49-46-44-42-40-38-35-31-29-27-25-23-20-17-14-11-8-5-2/h8,11-12,15,17,20,25,27,31,35,64H,4-7,9-10,13-14,16,18-19,21-24,26,28-30,32-34,36-63H2,1-3H3/b11-8-,15-12-,20-17-,27-25-,35-31-. The van der Waals surface area contributed by atoms with Gasteiger partial charge in [-0.1, -0.05) is 293 Å². The third-order valence-corrected chi connectivity index (χ3v) is 14.0. The molecule has 0 rings (SSSR count). The first kappa shape index (κ1) is 70.1. The molecule has 6 heteroatoms. The highest BCUT2D eigenvalue weighted by atomic mass is 16.6. The third kappa shape index (κ3) is 59.9. The zero-order valence-electron chi connectivity index (χ0n) is 48.7. The Bertz CT molecular complexity index is 1310. The number of esters is 3. The summed E-state index contributed by atoms with van der Waals surface area (Å²) < 4.78 is 16.9. The van der Waals surface area contributed by atoms with Crippen LogP contribution in [0.25, 0.3) is 0 Å². The molecule has 1 atom stereocenters. The molecule has 0 radical (unpaired) electrons. The molecule has 6 nitrogen and oxygen atoms in total. The van der Waals surface area contributed by atoms with E-state index < -0.39 is 6.10 Å². The van der Waals surface area contributed by atoms with Gasteiger partial charge in [-0.2, -0.15) is 0 Å². The van der Waals surface area contributed by atoms with Crippen molar-refractivity contribution in [3.8, 4) is 0 Å². The van der Waals surface area contributed by atoms with E-state index in [0.29, 0.717) is 19.3 Å². The average molecular weight is 1020 g/mol. The van der Waals surface area contributed by atoms with Crippen LogP contribution >= 0.6 is 0 Å². The fourth-order valence-corrected chi connectivity index (χ4v) is 9.26. The van der Waals surface area contributed by atoms with Gasteiger partial charge in [-0.25, -0.2) is 0 Å². The Morgan fingerprint density at radius 3 is 0.904 bits per heavy atom. The summed E-state index contributed by atoms with van der Waals surface area (Å²) in [7, 11) is 0. The van der Waals surface area contributed by atoms with E-state index in [1.807, 2.05) is 0 Å². The van der Waals surface area contributed by atoms with Gasteiger partial charge < -0.3 is 14.2 Å². The molecule has 0 aliphatic rings. The Kier molecular flexibility index (Phi) is 59.2. The van der Waals surface area contributed by atoms with Gasteiger partial charge in [0.05, 0.1) is 0 Å². The van der Waals surface area contributed by atoms with Crippen LogP contribution in [0.1, 0.15) is 329 Å². The van der Waals surface area contributed by atoms with Gasteiger partial charge in [-0.3, -0.25) is 14.4 Å². The molecule has 0 heterocycles. The summed E-state index contributed by atoms with van der Waals surface area (Å²) in [5, 5.41) is 0. The third-order valence-electron chi connectivity index (χ3n) is 14.0. The smallest absolute Gasteiger partial charge is 0.306 e. The Balaban J connectivity index is 4.22. The Morgan fingerprint density at radius 1 is 0.288 bits per heavy atom. The fraction of sp³-hybridized carbons (Fsp3) is 0.806. The summed E-state index contributed by atoms with van der Waals surface area (Å²) in [6.45, 7) is 6.50. The zero-order valence-corrected chi connectivity index (χ0v) is 48.7. The molecule has 424 valence electrons. The fourth-order valence-electron chi connectivity index (χ4n) is 9.26. The molecular formula is C67H120O6. The second kappa shape index (κ2) is 61.7. The number of hydrogen-bond acceptors (Lipinski definition) is 6. The minimum Gasteiger partial charge on any atom is -0.462 e. The SMILES string of the molecule is CC/C=C\C/C=C\C/C=C\C/C=C\CCCCCCCCCCC(=O)OC(COC(=O)CCCCCCC/C=C\CCC)COC(=O)CCCCCCCCCCCCCCCCCCCCCCCCCC. The van der Waals surface area contributed by atoms with Crippen LogP contribution < -0.4 is 0 Å². The van der Waals surface area contributed by atoms with E-state index in [-0.39, 0.29) is 31.1 Å². The first-order chi connectivity index (χ1) is 36.0. The minimum absolute atomic E-state index is 0.0771. The van der Waals surface area contributed by atoms with Gasteiger partial charge in [-0.05, 0) is 77.0 Å². The van der Waals surface area contributed by atoms with Crippen molar-refractivity contribution >= 4 is 17.9 Å². The lowest BCUT2D eigenvalue weighted by Gasteiger charge is -2.18. The lowest BCUT2D eigenvalue weighted by Crippen LogP contribution is -2.30. The summed E-state index contributed by atoms with van der Waals surface area (Å²) >= 11 is 0. The number of carbonyl (C=O) groups is 3. The number of ether oxygens (including phenoxy) is 3. The molecule has 0 N–H and O–H groups in total. The highest BCUT2D eigenvalue weighted by molar-refractivity contribution is 5.71. The summed E-state index contributed by atoms with van der Waals surface area (Å²) in [4.78, 5) is 38.2. The van der Waals surface area contributed by atoms with E-state index in [2.05, 4.69) is 81.5 Å². The Morgan fingerprint density at radius 2 is 0.562 bits per heavy atom. The normalized spacial score (nSPS) is 12.4. The molecule has 73 heavy (non-hydrogen) atoms. The van der Waals surface area contributed by atoms with Gasteiger partial charge in [0.2, 0.25) is 0 Å². The summed E-state index contributed by atoms with van der Waals surface area (Å²) in [5.74, 6) is -0.880. The van der Waals surface area contributed by atoms with Gasteiger partial charge >= 0.3 is 17.9 Å². The van der Waals surface area contributed by atoms with Crippen molar-refractivity contribution in [1.29, 1.82) is 0 Å². The molecule has 1 unspecified atom stereocenters. The van der Waals surface area contributed by atoms with E-state index in [4.69, 9.17) is 14.2 Å². The molecule has 0 aromatic heterocycles. The molecule has 0 amide bonds. The van der Waals surface area contributed by atoms with E-state index in [9.17, 15) is 14.4 Å². The lowest BCUT2D eigenvalue weighted by atomic mass is 10.0. The van der Waals surface area contributed by atoms with Crippen LogP contribution in [0.2, 0.25) is 0 Å². The van der Waals surface area contributed by atoms with Gasteiger partial charge in [0.1, 0.15) is 13.2 Å². The van der Waals surface area contributed by atoms with E-state index in [1.54, 1.807) is 0 Å². The number of rotatable bonds is 58. The van der Waals surface area contributed by atoms with E-state index in [1.165, 1.54) is 186 Å². The molecule has 0 aromatic carbocycles. The minimum atomic E-state index is -0.781. The van der Waals surface area contributed by atoms with E-state index >= 15 is 0 Å². The van der Waals surface area contributed by atoms with Crippen molar-refractivity contribution in [2.45, 2.75) is 335 Å². The quantitative estimate of drug-likeness (QED) is 0.0261. The maximum Gasteiger partial charge on any atom is 0.306 e. The van der Waals surface area contributed by atoms with Crippen molar-refractivity contribution in [3.63, 3.8) is 0 Å². The van der Waals surface area contributed by atoms with Crippen LogP contribution in [0.3, 0.4) is 0 Å². The Hall–Kier alpha value is -2.89. The van der Waals surface area contributed by atoms with Crippen molar-refractivity contribution in [1.82, 2.24) is 0 Å². The predicted octanol–water partition coefficient (Wildman–Crippen LogP) is 21.6. The van der Waals surface area contributed by atoms with Crippen LogP contribution in [0.15, 0.2) is 60.8 Å². The van der Waals surface area contributed by atoms with Gasteiger partial charge in [0, 0.05) is 19.3 Å². The van der Waals surface area contributed by atoms with Gasteiger partial charge in [0.25, 0.3) is 0 Å². The molecule has 0 aliphatic heterocycles. The number of hydrogen-bond donors (Lipinski definition) is 0. The molecule has 0 saturated heterocycles. The monoisotopic (exact) mass is 1020 g/mol. The number of carbonyl (C=O) groups excluding carboxylic acids is 3. The molecule has 0 saturated carbocycles. The van der Waals surface area contributed by atoms with Gasteiger partial charge in [0.15, 0.2) is 6.10 Å². The van der Waals surface area contributed by atoms with Crippen LogP contribution in [0.4, 0.5) is 0 Å². The van der Waals surface area contributed by atoms with Crippen LogP contribution in [-0.2, 0) is 28.6 Å². The van der Waals surface area contributed by atoms with Crippen molar-refractivity contribution in [2.24, 2.45) is 0 Å². The van der Waals surface area contributed by atoms with Crippen LogP contribution in [-0.4, -0.2) is 37.2 Å². The van der Waals surface area contributed by atoms with E-state index in [0.717, 1.165) is 103 Å². The first-order valence-electron chi connectivity index (χ1n) is 31.8. The van der Waals surface area contributed by atoms with Crippen molar-refractivity contribution in [2.75, 3.05) is 13.2 Å². The molecule has 0 aliphatic carbocycles. The maximum atomic E-state index is 12.9. The number of unbranched alkanes of at least 4 members (excludes halogenated alkanes) is 37. The molecule has 0 bridgehead atoms. The zero-order chi connectivity index (χ0) is 52.9. The summed E-state index contributed by atoms with van der Waals surface area (Å²) in [6, 6.07) is 0. The molecule has 0 aromatic rings. The van der Waals surface area contributed by atoms with Crippen LogP contribution in [0.5, 0.6) is 0 Å². The topological polar surface area (TPSA) is 78.9 Å². The lowest BCUT2D eigenvalue weighted by molar-refractivity contribution is -0.167. The summed E-state index contributed by atoms with van der Waals surface area (Å²) in [5.41, 5.74) is 0. The highest BCUT2D eigenvalue weighted by Gasteiger charge is 2.19. The van der Waals surface area contributed by atoms with Crippen molar-refractivity contribution in [3.05, 3.63) is 60.8 Å².